The number of likely N-dealkylation sites (N-methyl/N-ethyl adjacent to an activating group) is 1. The molecule has 2 unspecified atom stereocenters. The van der Waals surface area contributed by atoms with Gasteiger partial charge >= 0.3 is 13.8 Å². The summed E-state index contributed by atoms with van der Waals surface area (Å²) in [5.74, 6) is -0.306. The number of phosphoric acid groups is 1. The molecule has 0 fully saturated rings. The van der Waals surface area contributed by atoms with Gasteiger partial charge in [-0.25, -0.2) is 4.57 Å². The van der Waals surface area contributed by atoms with Crippen molar-refractivity contribution in [1.82, 2.24) is 0 Å². The summed E-state index contributed by atoms with van der Waals surface area (Å²) in [5, 5.41) is 0. The van der Waals surface area contributed by atoms with E-state index in [-0.39, 0.29) is 25.8 Å². The number of hydrogen-bond acceptors (Lipinski definition) is 6. The van der Waals surface area contributed by atoms with Gasteiger partial charge in [-0.2, -0.15) is 0 Å². The van der Waals surface area contributed by atoms with E-state index in [0.29, 0.717) is 24.1 Å². The van der Waals surface area contributed by atoms with Crippen molar-refractivity contribution in [3.05, 3.63) is 0 Å². The smallest absolute Gasteiger partial charge is 0.457 e. The van der Waals surface area contributed by atoms with Crippen LogP contribution in [0.3, 0.4) is 0 Å². The summed E-state index contributed by atoms with van der Waals surface area (Å²) in [5.41, 5.74) is 0. The van der Waals surface area contributed by atoms with Crippen LogP contribution in [0.1, 0.15) is 251 Å². The third-order valence-electron chi connectivity index (χ3n) is 11.4. The highest BCUT2D eigenvalue weighted by molar-refractivity contribution is 7.47. The maximum absolute atomic E-state index is 12.7. The van der Waals surface area contributed by atoms with Crippen LogP contribution < -0.4 is 0 Å². The Morgan fingerprint density at radius 2 is 0.793 bits per heavy atom. The second kappa shape index (κ2) is 43.2. The zero-order chi connectivity index (χ0) is 42.7. The van der Waals surface area contributed by atoms with Gasteiger partial charge in [0.25, 0.3) is 0 Å². The molecule has 1 N–H and O–H groups in total. The monoisotopic (exact) mass is 847 g/mol. The fourth-order valence-corrected chi connectivity index (χ4v) is 8.24. The van der Waals surface area contributed by atoms with Gasteiger partial charge in [0.15, 0.2) is 0 Å². The van der Waals surface area contributed by atoms with Gasteiger partial charge in [0.1, 0.15) is 19.3 Å². The molecular formula is C49H101NO7P+. The third kappa shape index (κ3) is 46.6. The van der Waals surface area contributed by atoms with Crippen LogP contribution in [0.25, 0.3) is 0 Å². The van der Waals surface area contributed by atoms with Crippen LogP contribution >= 0.6 is 7.82 Å². The van der Waals surface area contributed by atoms with Crippen molar-refractivity contribution >= 4 is 13.8 Å². The number of esters is 1. The van der Waals surface area contributed by atoms with Crippen molar-refractivity contribution in [1.29, 1.82) is 0 Å². The lowest BCUT2D eigenvalue weighted by atomic mass is 10.0. The first-order valence-electron chi connectivity index (χ1n) is 25.3. The zero-order valence-corrected chi connectivity index (χ0v) is 40.5. The first-order chi connectivity index (χ1) is 28.1. The van der Waals surface area contributed by atoms with Crippen molar-refractivity contribution in [2.24, 2.45) is 0 Å². The van der Waals surface area contributed by atoms with E-state index >= 15 is 0 Å². The summed E-state index contributed by atoms with van der Waals surface area (Å²) in [6.07, 6.45) is 47.2. The van der Waals surface area contributed by atoms with E-state index in [1.165, 1.54) is 199 Å². The van der Waals surface area contributed by atoms with Crippen molar-refractivity contribution in [2.45, 2.75) is 258 Å². The number of carbonyl (C=O) groups excluding carboxylic acids is 1. The summed E-state index contributed by atoms with van der Waals surface area (Å²) >= 11 is 0. The summed E-state index contributed by atoms with van der Waals surface area (Å²) in [4.78, 5) is 22.9. The van der Waals surface area contributed by atoms with E-state index in [4.69, 9.17) is 18.5 Å². The fraction of sp³-hybridized carbons (Fsp3) is 0.980. The maximum Gasteiger partial charge on any atom is 0.472 e. The predicted octanol–water partition coefficient (Wildman–Crippen LogP) is 15.2. The Balaban J connectivity index is 3.97. The van der Waals surface area contributed by atoms with Crippen LogP contribution in [-0.4, -0.2) is 75.6 Å². The number of phosphoric ester groups is 1. The maximum atomic E-state index is 12.7. The van der Waals surface area contributed by atoms with E-state index in [1.54, 1.807) is 0 Å². The van der Waals surface area contributed by atoms with Crippen molar-refractivity contribution in [2.75, 3.05) is 54.1 Å². The van der Waals surface area contributed by atoms with Crippen LogP contribution in [-0.2, 0) is 27.9 Å². The number of ether oxygens (including phenoxy) is 2. The van der Waals surface area contributed by atoms with Crippen LogP contribution in [0.5, 0.6) is 0 Å². The number of hydrogen-bond donors (Lipinski definition) is 1. The molecule has 0 aliphatic carbocycles. The molecule has 0 bridgehead atoms. The molecule has 0 radical (unpaired) electrons. The Morgan fingerprint density at radius 1 is 0.466 bits per heavy atom. The van der Waals surface area contributed by atoms with E-state index in [9.17, 15) is 14.3 Å². The molecule has 0 saturated carbocycles. The molecule has 0 aromatic rings. The number of unbranched alkanes of at least 4 members (excludes halogenated alkanes) is 34. The normalized spacial score (nSPS) is 13.6. The molecule has 0 heterocycles. The minimum atomic E-state index is -4.27. The van der Waals surface area contributed by atoms with E-state index < -0.39 is 13.9 Å². The number of carbonyl (C=O) groups is 1. The Bertz CT molecular complexity index is 899. The topological polar surface area (TPSA) is 91.3 Å². The lowest BCUT2D eigenvalue weighted by Crippen LogP contribution is -2.37. The van der Waals surface area contributed by atoms with Gasteiger partial charge in [0.05, 0.1) is 34.4 Å². The van der Waals surface area contributed by atoms with Gasteiger partial charge in [0.2, 0.25) is 0 Å². The van der Waals surface area contributed by atoms with Gasteiger partial charge in [0, 0.05) is 13.0 Å². The SMILES string of the molecule is CCCCCCCCCCCCCCCCCCCCCCCCCCCC(=O)OC(COCCCCCCCCCCCCC)COP(=O)(O)OCC[N+](C)(C)C. The van der Waals surface area contributed by atoms with E-state index in [2.05, 4.69) is 13.8 Å². The predicted molar refractivity (Wildman–Crippen MR) is 248 cm³/mol. The molecule has 348 valence electrons. The van der Waals surface area contributed by atoms with Crippen LogP contribution in [0.2, 0.25) is 0 Å². The van der Waals surface area contributed by atoms with Crippen LogP contribution in [0, 0.1) is 0 Å². The summed E-state index contributed by atoms with van der Waals surface area (Å²) in [7, 11) is 1.69. The average molecular weight is 847 g/mol. The lowest BCUT2D eigenvalue weighted by molar-refractivity contribution is -0.870. The molecule has 8 nitrogen and oxygen atoms in total. The average Bonchev–Trinajstić information content (AvgIpc) is 3.18. The highest BCUT2D eigenvalue weighted by atomic mass is 31.2. The van der Waals surface area contributed by atoms with Crippen molar-refractivity contribution in [3.63, 3.8) is 0 Å². The molecule has 0 aliphatic rings. The number of rotatable bonds is 48. The van der Waals surface area contributed by atoms with Gasteiger partial charge in [-0.1, -0.05) is 232 Å². The molecule has 9 heteroatoms. The standard InChI is InChI=1S/C49H100NO7P/c1-6-8-10-12-14-16-18-19-20-21-22-23-24-25-26-27-28-29-30-31-32-34-36-38-40-42-49(51)57-48(47-56-58(52,53)55-45-43-50(3,4)5)46-54-44-41-39-37-35-33-17-15-13-11-9-7-2/h48H,6-47H2,1-5H3/p+1. The molecule has 2 atom stereocenters. The highest BCUT2D eigenvalue weighted by Gasteiger charge is 2.26. The van der Waals surface area contributed by atoms with Gasteiger partial charge in [-0.15, -0.1) is 0 Å². The first kappa shape index (κ1) is 57.5. The fourth-order valence-electron chi connectivity index (χ4n) is 7.50. The van der Waals surface area contributed by atoms with Gasteiger partial charge in [-0.3, -0.25) is 13.8 Å². The lowest BCUT2D eigenvalue weighted by Gasteiger charge is -2.24. The Kier molecular flexibility index (Phi) is 42.8. The number of nitrogens with zero attached hydrogens (tertiary/aromatic N) is 1. The second-order valence-corrected chi connectivity index (χ2v) is 20.0. The minimum Gasteiger partial charge on any atom is -0.457 e. The summed E-state index contributed by atoms with van der Waals surface area (Å²) in [6.45, 7) is 5.69. The summed E-state index contributed by atoms with van der Waals surface area (Å²) in [6, 6.07) is 0. The Morgan fingerprint density at radius 3 is 1.14 bits per heavy atom. The highest BCUT2D eigenvalue weighted by Crippen LogP contribution is 2.43. The molecule has 0 aliphatic heterocycles. The minimum absolute atomic E-state index is 0.0939. The number of quaternary nitrogens is 1. The van der Waals surface area contributed by atoms with Crippen molar-refractivity contribution < 1.29 is 37.3 Å². The zero-order valence-electron chi connectivity index (χ0n) is 39.6. The molecular weight excluding hydrogens is 746 g/mol. The van der Waals surface area contributed by atoms with Crippen LogP contribution in [0.15, 0.2) is 0 Å². The van der Waals surface area contributed by atoms with E-state index in [1.807, 2.05) is 21.1 Å². The van der Waals surface area contributed by atoms with Gasteiger partial charge < -0.3 is 18.9 Å². The molecule has 0 aromatic heterocycles. The molecule has 0 aromatic carbocycles. The first-order valence-corrected chi connectivity index (χ1v) is 26.8. The summed E-state index contributed by atoms with van der Waals surface area (Å²) < 4.78 is 35.1. The second-order valence-electron chi connectivity index (χ2n) is 18.6. The largest absolute Gasteiger partial charge is 0.472 e. The van der Waals surface area contributed by atoms with Crippen LogP contribution in [0.4, 0.5) is 0 Å². The van der Waals surface area contributed by atoms with Gasteiger partial charge in [-0.05, 0) is 12.8 Å². The van der Waals surface area contributed by atoms with Crippen molar-refractivity contribution in [3.8, 4) is 0 Å². The molecule has 58 heavy (non-hydrogen) atoms. The molecule has 0 rings (SSSR count). The molecule has 0 spiro atoms. The molecule has 0 saturated heterocycles. The Labute approximate surface area is 361 Å². The quantitative estimate of drug-likeness (QED) is 0.0282. The molecule has 0 amide bonds. The van der Waals surface area contributed by atoms with E-state index in [0.717, 1.165) is 32.1 Å². The Hall–Kier alpha value is -0.500. The third-order valence-corrected chi connectivity index (χ3v) is 12.4.